The second kappa shape index (κ2) is 15.3. The predicted molar refractivity (Wildman–Crippen MR) is 175 cm³/mol. The van der Waals surface area contributed by atoms with E-state index in [4.69, 9.17) is 9.15 Å². The Kier molecular flexibility index (Phi) is 11.3. The van der Waals surface area contributed by atoms with Gasteiger partial charge >= 0.3 is 12.1 Å². The van der Waals surface area contributed by atoms with Gasteiger partial charge < -0.3 is 19.8 Å². The zero-order valence-electron chi connectivity index (χ0n) is 27.0. The maximum Gasteiger partial charge on any atom is 0.407 e. The van der Waals surface area contributed by atoms with Gasteiger partial charge in [-0.3, -0.25) is 14.5 Å². The number of nitrogens with one attached hydrogen (secondary N) is 2. The highest BCUT2D eigenvalue weighted by atomic mass is 16.6. The highest BCUT2D eigenvalue weighted by molar-refractivity contribution is 6.06. The number of hydrogen-bond donors (Lipinski definition) is 2. The Hall–Kier alpha value is -4.99. The van der Waals surface area contributed by atoms with Crippen molar-refractivity contribution in [3.63, 3.8) is 0 Å². The maximum atomic E-state index is 13.9. The zero-order valence-corrected chi connectivity index (χ0v) is 27.0. The van der Waals surface area contributed by atoms with Gasteiger partial charge in [-0.2, -0.15) is 0 Å². The minimum Gasteiger partial charge on any atom is -0.444 e. The van der Waals surface area contributed by atoms with Crippen LogP contribution < -0.4 is 10.6 Å². The molecule has 10 nitrogen and oxygen atoms in total. The number of alkyl carbamates (subject to hydrolysis) is 1. The van der Waals surface area contributed by atoms with Crippen molar-refractivity contribution < 1.29 is 28.3 Å². The third kappa shape index (κ3) is 9.50. The number of Topliss-reactive ketones (excluding diaryl/α,β-unsaturated/α-hetero) is 1. The monoisotopic (exact) mass is 626 g/mol. The number of hydrogen-bond acceptors (Lipinski definition) is 7. The Labute approximate surface area is 269 Å². The van der Waals surface area contributed by atoms with Gasteiger partial charge in [0.1, 0.15) is 11.1 Å². The van der Waals surface area contributed by atoms with Gasteiger partial charge in [-0.05, 0) is 74.9 Å². The number of carbonyl (C=O) groups excluding carboxylic acids is 4. The van der Waals surface area contributed by atoms with Crippen LogP contribution in [0.1, 0.15) is 79.6 Å². The standard InChI is InChI=1S/C36H42N4O6/c1-6-24(2)23-40(33(42)27-16-12-15-26(21-27)22-37-35(44)46-36(3,4)5)34(43)39-29(20-19-25-13-8-7-9-14-25)31(41)32-38-28-17-10-11-18-30(28)45-32/h7-18,21,24,29H,6,19-20,22-23H2,1-5H3,(H,37,44)(H,39,43)/t24?,29-/m0/s1. The van der Waals surface area contributed by atoms with E-state index in [1.54, 1.807) is 69.3 Å². The summed E-state index contributed by atoms with van der Waals surface area (Å²) in [5, 5.41) is 5.52. The van der Waals surface area contributed by atoms with Gasteiger partial charge in [-0.1, -0.05) is 74.9 Å². The number of nitrogens with zero attached hydrogens (tertiary/aromatic N) is 2. The smallest absolute Gasteiger partial charge is 0.407 e. The molecular weight excluding hydrogens is 584 g/mol. The van der Waals surface area contributed by atoms with E-state index in [1.165, 1.54) is 0 Å². The number of carbonyl (C=O) groups is 4. The van der Waals surface area contributed by atoms with Crippen LogP contribution in [0, 0.1) is 5.92 Å². The van der Waals surface area contributed by atoms with E-state index < -0.39 is 35.5 Å². The summed E-state index contributed by atoms with van der Waals surface area (Å²) in [5.74, 6) is -1.11. The molecule has 1 aromatic heterocycles. The summed E-state index contributed by atoms with van der Waals surface area (Å²) in [6, 6.07) is 21.7. The van der Waals surface area contributed by atoms with Gasteiger partial charge in [0.15, 0.2) is 5.58 Å². The molecule has 4 amide bonds. The lowest BCUT2D eigenvalue weighted by Gasteiger charge is -2.27. The molecular formula is C36H42N4O6. The molecule has 3 aromatic carbocycles. The summed E-state index contributed by atoms with van der Waals surface area (Å²) in [6.45, 7) is 9.53. The van der Waals surface area contributed by atoms with Crippen LogP contribution in [0.4, 0.5) is 9.59 Å². The minimum atomic E-state index is -1.00. The van der Waals surface area contributed by atoms with Gasteiger partial charge in [0.05, 0.1) is 6.04 Å². The highest BCUT2D eigenvalue weighted by Gasteiger charge is 2.31. The average Bonchev–Trinajstić information content (AvgIpc) is 3.48. The van der Waals surface area contributed by atoms with Crippen molar-refractivity contribution in [3.05, 3.63) is 101 Å². The molecule has 4 rings (SSSR count). The number of urea groups is 1. The number of ketones is 1. The van der Waals surface area contributed by atoms with E-state index in [9.17, 15) is 19.2 Å². The number of aromatic nitrogens is 1. The lowest BCUT2D eigenvalue weighted by Crippen LogP contribution is -2.51. The first kappa shape index (κ1) is 33.9. The molecule has 0 fully saturated rings. The lowest BCUT2D eigenvalue weighted by molar-refractivity contribution is 0.0523. The SMILES string of the molecule is CCC(C)CN(C(=O)N[C@@H](CCc1ccccc1)C(=O)c1nc2ccccc2o1)C(=O)c1cccc(CNC(=O)OC(C)(C)C)c1. The molecule has 0 aliphatic carbocycles. The normalized spacial score (nSPS) is 12.6. The van der Waals surface area contributed by atoms with Crippen LogP contribution >= 0.6 is 0 Å². The van der Waals surface area contributed by atoms with Crippen LogP contribution in [-0.4, -0.2) is 51.9 Å². The first-order chi connectivity index (χ1) is 21.9. The Bertz CT molecular complexity index is 1630. The van der Waals surface area contributed by atoms with Gasteiger partial charge in [-0.15, -0.1) is 0 Å². The molecule has 0 aliphatic heterocycles. The third-order valence-corrected chi connectivity index (χ3v) is 7.37. The number of ether oxygens (including phenoxy) is 1. The topological polar surface area (TPSA) is 131 Å². The summed E-state index contributed by atoms with van der Waals surface area (Å²) in [6.07, 6.45) is 0.928. The molecule has 4 aromatic rings. The van der Waals surface area contributed by atoms with Crippen molar-refractivity contribution in [1.29, 1.82) is 0 Å². The van der Waals surface area contributed by atoms with Crippen LogP contribution in [0.15, 0.2) is 83.3 Å². The van der Waals surface area contributed by atoms with Crippen molar-refractivity contribution in [2.75, 3.05) is 6.54 Å². The lowest BCUT2D eigenvalue weighted by atomic mass is 10.0. The maximum absolute atomic E-state index is 13.9. The number of rotatable bonds is 12. The fourth-order valence-corrected chi connectivity index (χ4v) is 4.74. The van der Waals surface area contributed by atoms with Crippen molar-refractivity contribution >= 4 is 34.9 Å². The minimum absolute atomic E-state index is 0.00206. The molecule has 10 heteroatoms. The first-order valence-electron chi connectivity index (χ1n) is 15.6. The van der Waals surface area contributed by atoms with E-state index >= 15 is 0 Å². The van der Waals surface area contributed by atoms with Crippen molar-refractivity contribution in [1.82, 2.24) is 20.5 Å². The fourth-order valence-electron chi connectivity index (χ4n) is 4.74. The molecule has 0 saturated carbocycles. The number of fused-ring (bicyclic) bond motifs is 1. The van der Waals surface area contributed by atoms with Gasteiger partial charge in [-0.25, -0.2) is 14.6 Å². The number of para-hydroxylation sites is 2. The summed E-state index contributed by atoms with van der Waals surface area (Å²) in [5.41, 5.74) is 2.28. The summed E-state index contributed by atoms with van der Waals surface area (Å²) >= 11 is 0. The molecule has 0 spiro atoms. The molecule has 0 bridgehead atoms. The molecule has 0 saturated heterocycles. The molecule has 1 unspecified atom stereocenters. The Morgan fingerprint density at radius 2 is 1.63 bits per heavy atom. The van der Waals surface area contributed by atoms with E-state index in [2.05, 4.69) is 15.6 Å². The van der Waals surface area contributed by atoms with Crippen LogP contribution in [0.2, 0.25) is 0 Å². The van der Waals surface area contributed by atoms with E-state index in [-0.39, 0.29) is 36.9 Å². The van der Waals surface area contributed by atoms with Crippen LogP contribution in [0.5, 0.6) is 0 Å². The van der Waals surface area contributed by atoms with E-state index in [0.29, 0.717) is 23.1 Å². The van der Waals surface area contributed by atoms with E-state index in [0.717, 1.165) is 16.9 Å². The zero-order chi connectivity index (χ0) is 33.3. The Morgan fingerprint density at radius 3 is 2.33 bits per heavy atom. The molecule has 1 heterocycles. The third-order valence-electron chi connectivity index (χ3n) is 7.37. The average molecular weight is 627 g/mol. The summed E-state index contributed by atoms with van der Waals surface area (Å²) in [7, 11) is 0. The Morgan fingerprint density at radius 1 is 0.935 bits per heavy atom. The molecule has 0 aliphatic rings. The number of oxazole rings is 1. The second-order valence-electron chi connectivity index (χ2n) is 12.4. The van der Waals surface area contributed by atoms with Gasteiger partial charge in [0, 0.05) is 18.7 Å². The van der Waals surface area contributed by atoms with Crippen LogP contribution in [-0.2, 0) is 17.7 Å². The number of imide groups is 1. The van der Waals surface area contributed by atoms with Crippen molar-refractivity contribution in [2.45, 2.75) is 72.1 Å². The van der Waals surface area contributed by atoms with Crippen LogP contribution in [0.3, 0.4) is 0 Å². The van der Waals surface area contributed by atoms with Crippen molar-refractivity contribution in [2.24, 2.45) is 5.92 Å². The van der Waals surface area contributed by atoms with Crippen molar-refractivity contribution in [3.8, 4) is 0 Å². The molecule has 2 N–H and O–H groups in total. The summed E-state index contributed by atoms with van der Waals surface area (Å²) < 4.78 is 11.1. The number of amides is 4. The number of aryl methyl sites for hydroxylation is 1. The molecule has 242 valence electrons. The fraction of sp³-hybridized carbons (Fsp3) is 0.361. The van der Waals surface area contributed by atoms with E-state index in [1.807, 2.05) is 44.2 Å². The molecule has 2 atom stereocenters. The molecule has 46 heavy (non-hydrogen) atoms. The Balaban J connectivity index is 1.56. The first-order valence-corrected chi connectivity index (χ1v) is 15.6. The largest absolute Gasteiger partial charge is 0.444 e. The highest BCUT2D eigenvalue weighted by Crippen LogP contribution is 2.19. The van der Waals surface area contributed by atoms with Crippen LogP contribution in [0.25, 0.3) is 11.1 Å². The molecule has 0 radical (unpaired) electrons. The van der Waals surface area contributed by atoms with Gasteiger partial charge in [0.25, 0.3) is 11.8 Å². The number of benzene rings is 3. The second-order valence-corrected chi connectivity index (χ2v) is 12.4. The van der Waals surface area contributed by atoms with Gasteiger partial charge in [0.2, 0.25) is 5.78 Å². The summed E-state index contributed by atoms with van der Waals surface area (Å²) in [4.78, 5) is 59.2. The quantitative estimate of drug-likeness (QED) is 0.163. The predicted octanol–water partition coefficient (Wildman–Crippen LogP) is 6.93.